The lowest BCUT2D eigenvalue weighted by atomic mass is 9.85. The summed E-state index contributed by atoms with van der Waals surface area (Å²) in [4.78, 5) is 30.4. The van der Waals surface area contributed by atoms with Crippen molar-refractivity contribution >= 4 is 34.0 Å². The maximum atomic E-state index is 13.2. The number of carbonyl (C=O) groups excluding carboxylic acids is 2. The lowest BCUT2D eigenvalue weighted by Crippen LogP contribution is -2.43. The molecule has 0 saturated carbocycles. The van der Waals surface area contributed by atoms with Gasteiger partial charge in [-0.05, 0) is 74.4 Å². The van der Waals surface area contributed by atoms with Crippen LogP contribution >= 0.6 is 0 Å². The first-order valence-corrected chi connectivity index (χ1v) is 11.8. The molecule has 1 aliphatic rings. The molecule has 6 heteroatoms. The number of pyridine rings is 1. The molecule has 2 heterocycles. The molecule has 0 fully saturated rings. The number of carbonyl (C=O) groups is 2. The fraction of sp³-hybridized carbons (Fsp3) is 0.167. The Morgan fingerprint density at radius 1 is 1.00 bits per heavy atom. The Hall–Kier alpha value is -4.45. The molecular weight excluding hydrogens is 450 g/mol. The van der Waals surface area contributed by atoms with E-state index in [0.717, 1.165) is 39.9 Å². The number of ether oxygens (including phenoxy) is 1. The van der Waals surface area contributed by atoms with Crippen molar-refractivity contribution in [3.8, 4) is 5.75 Å². The molecule has 36 heavy (non-hydrogen) atoms. The van der Waals surface area contributed by atoms with Crippen molar-refractivity contribution in [1.29, 1.82) is 0 Å². The second-order valence-electron chi connectivity index (χ2n) is 9.54. The van der Waals surface area contributed by atoms with Gasteiger partial charge in [0.05, 0.1) is 18.3 Å². The number of fused-ring (bicyclic) bond motifs is 2. The number of rotatable bonds is 5. The van der Waals surface area contributed by atoms with Crippen molar-refractivity contribution in [2.45, 2.75) is 25.8 Å². The van der Waals surface area contributed by atoms with Gasteiger partial charge in [0.1, 0.15) is 5.75 Å². The largest absolute Gasteiger partial charge is 0.497 e. The topological polar surface area (TPSA) is 80.3 Å². The Bertz CT molecular complexity index is 1500. The molecule has 0 atom stereocenters. The van der Waals surface area contributed by atoms with Gasteiger partial charge in [0.2, 0.25) is 0 Å². The number of allylic oxidation sites excluding steroid dienone is 1. The van der Waals surface area contributed by atoms with Gasteiger partial charge in [-0.2, -0.15) is 0 Å². The van der Waals surface area contributed by atoms with Gasteiger partial charge in [-0.1, -0.05) is 24.3 Å². The molecule has 0 aliphatic carbocycles. The van der Waals surface area contributed by atoms with E-state index in [0.29, 0.717) is 16.8 Å². The summed E-state index contributed by atoms with van der Waals surface area (Å²) in [6, 6.07) is 22.0. The van der Waals surface area contributed by atoms with Gasteiger partial charge in [-0.15, -0.1) is 0 Å². The van der Waals surface area contributed by atoms with Gasteiger partial charge in [-0.25, -0.2) is 0 Å². The summed E-state index contributed by atoms with van der Waals surface area (Å²) in [5.74, 6) is 0.349. The Labute approximate surface area is 210 Å². The monoisotopic (exact) mass is 477 g/mol. The Balaban J connectivity index is 1.37. The van der Waals surface area contributed by atoms with Crippen LogP contribution in [0.3, 0.4) is 0 Å². The van der Waals surface area contributed by atoms with Crippen molar-refractivity contribution in [2.75, 3.05) is 12.4 Å². The Kier molecular flexibility index (Phi) is 6.02. The fourth-order valence-electron chi connectivity index (χ4n) is 4.56. The standard InChI is InChI=1S/C30H27N3O3/c1-30(2)18-21-13-14-22(36-3)16-24(21)27(33-30)17-28(34)19-9-11-20(12-10-19)29(35)32-26-8-4-7-25-23(26)6-5-15-31-25/h4-17,33H,18H2,1-3H3,(H,32,35). The number of ketones is 1. The zero-order valence-electron chi connectivity index (χ0n) is 20.5. The summed E-state index contributed by atoms with van der Waals surface area (Å²) in [6.45, 7) is 4.22. The Morgan fingerprint density at radius 3 is 2.56 bits per heavy atom. The molecule has 4 aromatic rings. The van der Waals surface area contributed by atoms with Crippen molar-refractivity contribution in [2.24, 2.45) is 0 Å². The lowest BCUT2D eigenvalue weighted by molar-refractivity contribution is 0.102. The van der Waals surface area contributed by atoms with Crippen LogP contribution in [-0.2, 0) is 6.42 Å². The highest BCUT2D eigenvalue weighted by atomic mass is 16.5. The normalized spacial score (nSPS) is 15.1. The second-order valence-corrected chi connectivity index (χ2v) is 9.54. The summed E-state index contributed by atoms with van der Waals surface area (Å²) in [6.07, 6.45) is 4.18. The van der Waals surface area contributed by atoms with E-state index in [1.807, 2.05) is 42.5 Å². The molecule has 1 aromatic heterocycles. The van der Waals surface area contributed by atoms with Crippen LogP contribution < -0.4 is 15.4 Å². The van der Waals surface area contributed by atoms with E-state index < -0.39 is 0 Å². The molecule has 0 spiro atoms. The molecule has 0 unspecified atom stereocenters. The highest BCUT2D eigenvalue weighted by Gasteiger charge is 2.28. The minimum Gasteiger partial charge on any atom is -0.497 e. The minimum absolute atomic E-state index is 0.143. The van der Waals surface area contributed by atoms with Gasteiger partial charge in [0.15, 0.2) is 5.78 Å². The molecule has 6 nitrogen and oxygen atoms in total. The number of nitrogens with zero attached hydrogens (tertiary/aromatic N) is 1. The minimum atomic E-state index is -0.250. The molecule has 1 aliphatic heterocycles. The highest BCUT2D eigenvalue weighted by Crippen LogP contribution is 2.32. The summed E-state index contributed by atoms with van der Waals surface area (Å²) in [5.41, 5.74) is 5.16. The predicted molar refractivity (Wildman–Crippen MR) is 142 cm³/mol. The smallest absolute Gasteiger partial charge is 0.255 e. The van der Waals surface area contributed by atoms with Crippen molar-refractivity contribution < 1.29 is 14.3 Å². The van der Waals surface area contributed by atoms with Crippen LogP contribution in [0.4, 0.5) is 5.69 Å². The molecule has 0 bridgehead atoms. The van der Waals surface area contributed by atoms with Crippen LogP contribution in [0.25, 0.3) is 16.6 Å². The van der Waals surface area contributed by atoms with Gasteiger partial charge >= 0.3 is 0 Å². The number of methoxy groups -OCH3 is 1. The van der Waals surface area contributed by atoms with Crippen LogP contribution in [0.1, 0.15) is 45.7 Å². The number of hydrogen-bond donors (Lipinski definition) is 2. The van der Waals surface area contributed by atoms with Crippen LogP contribution in [0.15, 0.2) is 85.1 Å². The van der Waals surface area contributed by atoms with Gasteiger partial charge < -0.3 is 15.4 Å². The quantitative estimate of drug-likeness (QED) is 0.287. The third-order valence-corrected chi connectivity index (χ3v) is 6.31. The number of hydrogen-bond acceptors (Lipinski definition) is 5. The van der Waals surface area contributed by atoms with Crippen molar-refractivity contribution in [3.63, 3.8) is 0 Å². The van der Waals surface area contributed by atoms with E-state index >= 15 is 0 Å². The first-order chi connectivity index (χ1) is 17.3. The number of nitrogens with one attached hydrogen (secondary N) is 2. The van der Waals surface area contributed by atoms with Crippen LogP contribution in [0.5, 0.6) is 5.75 Å². The molecule has 1 amide bonds. The van der Waals surface area contributed by atoms with E-state index in [9.17, 15) is 9.59 Å². The van der Waals surface area contributed by atoms with E-state index in [-0.39, 0.29) is 17.2 Å². The van der Waals surface area contributed by atoms with Gasteiger partial charge in [0, 0.05) is 45.6 Å². The van der Waals surface area contributed by atoms with E-state index in [2.05, 4.69) is 35.5 Å². The molecule has 5 rings (SSSR count). The maximum Gasteiger partial charge on any atom is 0.255 e. The van der Waals surface area contributed by atoms with Gasteiger partial charge in [0.25, 0.3) is 5.91 Å². The van der Waals surface area contributed by atoms with Crippen molar-refractivity contribution in [3.05, 3.63) is 107 Å². The summed E-state index contributed by atoms with van der Waals surface area (Å²) >= 11 is 0. The number of amides is 1. The Morgan fingerprint density at radius 2 is 1.78 bits per heavy atom. The fourth-order valence-corrected chi connectivity index (χ4v) is 4.56. The lowest BCUT2D eigenvalue weighted by Gasteiger charge is -2.35. The summed E-state index contributed by atoms with van der Waals surface area (Å²) < 4.78 is 5.39. The SMILES string of the molecule is COc1ccc2c(c1)C(=CC(=O)c1ccc(C(=O)Nc3cccc4ncccc34)cc1)NC(C)(C)C2. The van der Waals surface area contributed by atoms with Crippen LogP contribution in [-0.4, -0.2) is 29.3 Å². The molecule has 180 valence electrons. The first kappa shape index (κ1) is 23.3. The van der Waals surface area contributed by atoms with E-state index in [1.54, 1.807) is 43.6 Å². The first-order valence-electron chi connectivity index (χ1n) is 11.8. The molecular formula is C30H27N3O3. The van der Waals surface area contributed by atoms with Gasteiger partial charge in [-0.3, -0.25) is 14.6 Å². The maximum absolute atomic E-state index is 13.2. The van der Waals surface area contributed by atoms with Crippen LogP contribution in [0.2, 0.25) is 0 Å². The third kappa shape index (κ3) is 4.70. The van der Waals surface area contributed by atoms with E-state index in [4.69, 9.17) is 4.74 Å². The van der Waals surface area contributed by atoms with E-state index in [1.165, 1.54) is 0 Å². The number of benzene rings is 3. The average molecular weight is 478 g/mol. The molecule has 0 radical (unpaired) electrons. The number of anilines is 1. The predicted octanol–water partition coefficient (Wildman–Crippen LogP) is 5.64. The summed E-state index contributed by atoms with van der Waals surface area (Å²) in [7, 11) is 1.63. The average Bonchev–Trinajstić information content (AvgIpc) is 2.88. The number of aromatic nitrogens is 1. The van der Waals surface area contributed by atoms with Crippen LogP contribution in [0, 0.1) is 0 Å². The molecule has 2 N–H and O–H groups in total. The molecule has 3 aromatic carbocycles. The molecule has 0 saturated heterocycles. The van der Waals surface area contributed by atoms with Crippen molar-refractivity contribution in [1.82, 2.24) is 10.3 Å². The summed E-state index contributed by atoms with van der Waals surface area (Å²) in [5, 5.41) is 7.30. The highest BCUT2D eigenvalue weighted by molar-refractivity contribution is 6.11. The zero-order chi connectivity index (χ0) is 25.3. The third-order valence-electron chi connectivity index (χ3n) is 6.31. The zero-order valence-corrected chi connectivity index (χ0v) is 20.5. The second kappa shape index (κ2) is 9.30.